The van der Waals surface area contributed by atoms with Gasteiger partial charge in [0.25, 0.3) is 6.43 Å². The third-order valence-electron chi connectivity index (χ3n) is 7.25. The number of carbonyl (C=O) groups excluding carboxylic acids is 1. The lowest BCUT2D eigenvalue weighted by Gasteiger charge is -2.44. The Balaban J connectivity index is 1.21. The highest BCUT2D eigenvalue weighted by atomic mass is 19.3. The predicted octanol–water partition coefficient (Wildman–Crippen LogP) is 6.43. The zero-order valence-electron chi connectivity index (χ0n) is 19.1. The van der Waals surface area contributed by atoms with Gasteiger partial charge in [-0.15, -0.1) is 0 Å². The van der Waals surface area contributed by atoms with E-state index in [0.717, 1.165) is 11.1 Å². The molecule has 2 bridgehead atoms. The number of hydrogen-bond donors (Lipinski definition) is 0. The third-order valence-corrected chi connectivity index (χ3v) is 7.25. The first-order chi connectivity index (χ1) is 17.1. The minimum absolute atomic E-state index is 0.00350. The maximum Gasteiger partial charge on any atom is 0.410 e. The summed E-state index contributed by atoms with van der Waals surface area (Å²) in [6.45, 7) is 1.02. The predicted molar refractivity (Wildman–Crippen MR) is 129 cm³/mol. The van der Waals surface area contributed by atoms with Gasteiger partial charge in [-0.3, -0.25) is 4.90 Å². The number of rotatable bonds is 4. The number of hydrogen-bond acceptors (Lipinski definition) is 3. The van der Waals surface area contributed by atoms with Crippen LogP contribution in [-0.4, -0.2) is 42.9 Å². The lowest BCUT2D eigenvalue weighted by Crippen LogP contribution is -2.56. The van der Waals surface area contributed by atoms with Crippen molar-refractivity contribution in [3.8, 4) is 11.1 Å². The molecular weight excluding hydrogens is 448 g/mol. The molecule has 2 heterocycles. The second-order valence-electron chi connectivity index (χ2n) is 9.29. The van der Waals surface area contributed by atoms with E-state index in [0.29, 0.717) is 19.6 Å². The Morgan fingerprint density at radius 3 is 2.37 bits per heavy atom. The molecular formula is C29H25F2NO3. The van der Waals surface area contributed by atoms with Gasteiger partial charge in [-0.25, -0.2) is 13.6 Å². The number of alkyl halides is 2. The normalized spacial score (nSPS) is 20.9. The van der Waals surface area contributed by atoms with Crippen LogP contribution in [0, 0.1) is 0 Å². The fourth-order valence-corrected chi connectivity index (χ4v) is 5.64. The highest BCUT2D eigenvalue weighted by Crippen LogP contribution is 2.44. The Labute approximate surface area is 202 Å². The first-order valence-corrected chi connectivity index (χ1v) is 11.9. The number of amides is 1. The van der Waals surface area contributed by atoms with Gasteiger partial charge in [-0.05, 0) is 45.9 Å². The van der Waals surface area contributed by atoms with Crippen molar-refractivity contribution in [1.29, 1.82) is 0 Å². The molecule has 3 aliphatic rings. The summed E-state index contributed by atoms with van der Waals surface area (Å²) in [7, 11) is 0. The molecule has 3 aromatic carbocycles. The van der Waals surface area contributed by atoms with Gasteiger partial charge in [0.1, 0.15) is 6.61 Å². The van der Waals surface area contributed by atoms with Crippen LogP contribution in [0.1, 0.15) is 41.0 Å². The Bertz CT molecular complexity index is 1260. The highest BCUT2D eigenvalue weighted by Gasteiger charge is 2.40. The van der Waals surface area contributed by atoms with Crippen molar-refractivity contribution in [3.63, 3.8) is 0 Å². The Kier molecular flexibility index (Phi) is 5.61. The van der Waals surface area contributed by atoms with Gasteiger partial charge in [-0.2, -0.15) is 0 Å². The van der Waals surface area contributed by atoms with E-state index in [-0.39, 0.29) is 36.3 Å². The zero-order chi connectivity index (χ0) is 23.9. The van der Waals surface area contributed by atoms with Crippen molar-refractivity contribution in [2.75, 3.05) is 19.8 Å². The van der Waals surface area contributed by atoms with Crippen LogP contribution >= 0.6 is 0 Å². The van der Waals surface area contributed by atoms with Crippen LogP contribution < -0.4 is 0 Å². The summed E-state index contributed by atoms with van der Waals surface area (Å²) in [5.74, 6) is -0.00424. The largest absolute Gasteiger partial charge is 0.448 e. The molecule has 4 nitrogen and oxygen atoms in total. The monoisotopic (exact) mass is 473 g/mol. The van der Waals surface area contributed by atoms with E-state index in [9.17, 15) is 13.6 Å². The molecule has 2 unspecified atom stereocenters. The van der Waals surface area contributed by atoms with Crippen LogP contribution in [-0.2, 0) is 9.47 Å². The fourth-order valence-electron chi connectivity index (χ4n) is 5.64. The van der Waals surface area contributed by atoms with Gasteiger partial charge in [-0.1, -0.05) is 72.8 Å². The Morgan fingerprint density at radius 2 is 1.69 bits per heavy atom. The second-order valence-corrected chi connectivity index (χ2v) is 9.29. The van der Waals surface area contributed by atoms with Crippen molar-refractivity contribution in [2.24, 2.45) is 0 Å². The summed E-state index contributed by atoms with van der Waals surface area (Å²) >= 11 is 0. The van der Waals surface area contributed by atoms with Crippen molar-refractivity contribution in [3.05, 3.63) is 101 Å². The first-order valence-electron chi connectivity index (χ1n) is 11.9. The topological polar surface area (TPSA) is 38.8 Å². The average Bonchev–Trinajstić information content (AvgIpc) is 3.20. The summed E-state index contributed by atoms with van der Waals surface area (Å²) in [5.41, 5.74) is 6.45. The molecule has 6 heteroatoms. The Hall–Kier alpha value is -3.51. The summed E-state index contributed by atoms with van der Waals surface area (Å²) < 4.78 is 38.0. The van der Waals surface area contributed by atoms with Crippen molar-refractivity contribution >= 4 is 11.7 Å². The van der Waals surface area contributed by atoms with Gasteiger partial charge in [0.2, 0.25) is 0 Å². The SMILES string of the molecule is O=C(OCC1c2ccccc2-c2ccccc21)N1C2C=C(c3cccc(C(F)F)c3)CC1COC2. The molecule has 0 aromatic heterocycles. The summed E-state index contributed by atoms with van der Waals surface area (Å²) in [6.07, 6.45) is -0.379. The molecule has 35 heavy (non-hydrogen) atoms. The number of morpholine rings is 1. The molecule has 1 saturated heterocycles. The van der Waals surface area contributed by atoms with E-state index in [2.05, 4.69) is 24.3 Å². The number of halogens is 2. The number of nitrogens with zero attached hydrogens (tertiary/aromatic N) is 1. The van der Waals surface area contributed by atoms with Gasteiger partial charge in [0.05, 0.1) is 25.3 Å². The molecule has 2 atom stereocenters. The van der Waals surface area contributed by atoms with Crippen LogP contribution in [0.15, 0.2) is 78.9 Å². The van der Waals surface area contributed by atoms with Crippen molar-refractivity contribution < 1.29 is 23.0 Å². The van der Waals surface area contributed by atoms with E-state index in [1.807, 2.05) is 36.4 Å². The van der Waals surface area contributed by atoms with E-state index >= 15 is 0 Å². The molecule has 178 valence electrons. The summed E-state index contributed by atoms with van der Waals surface area (Å²) in [5, 5.41) is 0. The second kappa shape index (κ2) is 8.93. The van der Waals surface area contributed by atoms with Crippen LogP contribution in [0.4, 0.5) is 13.6 Å². The van der Waals surface area contributed by atoms with Gasteiger partial charge >= 0.3 is 6.09 Å². The molecule has 1 fully saturated rings. The van der Waals surface area contributed by atoms with E-state index in [1.54, 1.807) is 11.0 Å². The minimum atomic E-state index is -2.51. The molecule has 3 aromatic rings. The van der Waals surface area contributed by atoms with Crippen LogP contribution in [0.25, 0.3) is 16.7 Å². The maximum absolute atomic E-state index is 13.3. The van der Waals surface area contributed by atoms with Crippen molar-refractivity contribution in [1.82, 2.24) is 4.90 Å². The van der Waals surface area contributed by atoms with Crippen LogP contribution in [0.3, 0.4) is 0 Å². The number of ether oxygens (including phenoxy) is 2. The standard InChI is InChI=1S/C29H25F2NO3/c30-28(31)19-7-5-6-18(12-19)20-13-21-15-34-16-22(14-20)32(21)29(33)35-17-27-25-10-3-1-8-23(25)24-9-2-4-11-26(24)27/h1-13,21-22,27-28H,14-17H2. The van der Waals surface area contributed by atoms with Gasteiger partial charge in [0.15, 0.2) is 0 Å². The maximum atomic E-state index is 13.3. The highest BCUT2D eigenvalue weighted by molar-refractivity contribution is 5.79. The molecule has 0 saturated carbocycles. The summed E-state index contributed by atoms with van der Waals surface area (Å²) in [6, 6.07) is 22.5. The molecule has 0 N–H and O–H groups in total. The number of benzene rings is 3. The smallest absolute Gasteiger partial charge is 0.410 e. The van der Waals surface area contributed by atoms with Gasteiger partial charge < -0.3 is 9.47 Å². The zero-order valence-corrected chi connectivity index (χ0v) is 19.1. The molecule has 1 aliphatic carbocycles. The number of carbonyl (C=O) groups is 1. The minimum Gasteiger partial charge on any atom is -0.448 e. The molecule has 1 amide bonds. The van der Waals surface area contributed by atoms with Crippen LogP contribution in [0.2, 0.25) is 0 Å². The van der Waals surface area contributed by atoms with E-state index in [1.165, 1.54) is 34.4 Å². The fraction of sp³-hybridized carbons (Fsp3) is 0.276. The van der Waals surface area contributed by atoms with Crippen LogP contribution in [0.5, 0.6) is 0 Å². The molecule has 0 spiro atoms. The summed E-state index contributed by atoms with van der Waals surface area (Å²) in [4.78, 5) is 15.1. The molecule has 2 aliphatic heterocycles. The number of fused-ring (bicyclic) bond motifs is 5. The third kappa shape index (κ3) is 3.92. The van der Waals surface area contributed by atoms with Gasteiger partial charge in [0, 0.05) is 11.5 Å². The lowest BCUT2D eigenvalue weighted by molar-refractivity contribution is -0.0331. The van der Waals surface area contributed by atoms with Crippen molar-refractivity contribution in [2.45, 2.75) is 30.8 Å². The average molecular weight is 474 g/mol. The molecule has 0 radical (unpaired) electrons. The van der Waals surface area contributed by atoms with E-state index in [4.69, 9.17) is 9.47 Å². The quantitative estimate of drug-likeness (QED) is 0.438. The van der Waals surface area contributed by atoms with E-state index < -0.39 is 6.43 Å². The Morgan fingerprint density at radius 1 is 0.971 bits per heavy atom. The lowest BCUT2D eigenvalue weighted by atomic mass is 9.89. The first kappa shape index (κ1) is 22.0. The molecule has 6 rings (SSSR count).